The summed E-state index contributed by atoms with van der Waals surface area (Å²) in [4.78, 5) is 0. The normalized spacial score (nSPS) is 12.6. The molecule has 1 heterocycles. The number of nitrogens with one attached hydrogen (secondary N) is 1. The van der Waals surface area contributed by atoms with Crippen LogP contribution in [0.5, 0.6) is 0 Å². The van der Waals surface area contributed by atoms with Crippen LogP contribution in [-0.4, -0.2) is 0 Å². The van der Waals surface area contributed by atoms with E-state index in [0.717, 1.165) is 17.0 Å². The lowest BCUT2D eigenvalue weighted by Crippen LogP contribution is -2.17. The zero-order valence-electron chi connectivity index (χ0n) is 10.0. The predicted molar refractivity (Wildman–Crippen MR) is 72.8 cm³/mol. The van der Waals surface area contributed by atoms with Crippen molar-refractivity contribution in [1.82, 2.24) is 5.32 Å². The Labute approximate surface area is 110 Å². The first-order valence-corrected chi connectivity index (χ1v) is 6.48. The van der Waals surface area contributed by atoms with Crippen molar-refractivity contribution >= 4 is 15.9 Å². The molecule has 3 heteroatoms. The summed E-state index contributed by atoms with van der Waals surface area (Å²) >= 11 is 3.30. The van der Waals surface area contributed by atoms with Gasteiger partial charge in [-0.1, -0.05) is 29.8 Å². The second-order valence-electron chi connectivity index (χ2n) is 4.22. The molecule has 0 saturated carbocycles. The summed E-state index contributed by atoms with van der Waals surface area (Å²) < 4.78 is 6.22. The van der Waals surface area contributed by atoms with Gasteiger partial charge in [-0.2, -0.15) is 0 Å². The van der Waals surface area contributed by atoms with Crippen molar-refractivity contribution in [3.05, 3.63) is 58.0 Å². The number of hydrogen-bond donors (Lipinski definition) is 1. The molecule has 0 radical (unpaired) electrons. The van der Waals surface area contributed by atoms with Crippen molar-refractivity contribution in [2.24, 2.45) is 0 Å². The van der Waals surface area contributed by atoms with Crippen LogP contribution in [0.1, 0.15) is 29.9 Å². The van der Waals surface area contributed by atoms with Crippen molar-refractivity contribution in [2.45, 2.75) is 26.4 Å². The molecule has 1 unspecified atom stereocenters. The second-order valence-corrected chi connectivity index (χ2v) is 5.00. The molecular formula is C14H16BrNO. The van der Waals surface area contributed by atoms with Gasteiger partial charge in [0.1, 0.15) is 5.76 Å². The SMILES string of the molecule is Cc1ccc(C(C)NCc2ccc(Br)o2)cc1. The molecule has 1 N–H and O–H groups in total. The first kappa shape index (κ1) is 12.4. The molecule has 0 spiro atoms. The summed E-state index contributed by atoms with van der Waals surface area (Å²) in [5, 5.41) is 3.43. The zero-order chi connectivity index (χ0) is 12.3. The highest BCUT2D eigenvalue weighted by atomic mass is 79.9. The van der Waals surface area contributed by atoms with Gasteiger partial charge in [-0.05, 0) is 47.5 Å². The molecule has 0 saturated heterocycles. The van der Waals surface area contributed by atoms with Crippen LogP contribution >= 0.6 is 15.9 Å². The highest BCUT2D eigenvalue weighted by Crippen LogP contribution is 2.16. The molecule has 0 aliphatic heterocycles. The largest absolute Gasteiger partial charge is 0.453 e. The van der Waals surface area contributed by atoms with Gasteiger partial charge in [0.2, 0.25) is 0 Å². The van der Waals surface area contributed by atoms with Gasteiger partial charge in [0, 0.05) is 6.04 Å². The van der Waals surface area contributed by atoms with E-state index in [4.69, 9.17) is 4.42 Å². The fourth-order valence-corrected chi connectivity index (χ4v) is 2.01. The van der Waals surface area contributed by atoms with E-state index >= 15 is 0 Å². The van der Waals surface area contributed by atoms with Crippen LogP contribution in [0.2, 0.25) is 0 Å². The highest BCUT2D eigenvalue weighted by molar-refractivity contribution is 9.10. The van der Waals surface area contributed by atoms with Crippen molar-refractivity contribution < 1.29 is 4.42 Å². The molecule has 1 atom stereocenters. The van der Waals surface area contributed by atoms with Gasteiger partial charge >= 0.3 is 0 Å². The number of furan rings is 1. The highest BCUT2D eigenvalue weighted by Gasteiger charge is 2.06. The quantitative estimate of drug-likeness (QED) is 0.914. The van der Waals surface area contributed by atoms with Crippen molar-refractivity contribution in [2.75, 3.05) is 0 Å². The van der Waals surface area contributed by atoms with Crippen LogP contribution in [0.15, 0.2) is 45.5 Å². The van der Waals surface area contributed by atoms with Gasteiger partial charge < -0.3 is 9.73 Å². The number of benzene rings is 1. The van der Waals surface area contributed by atoms with E-state index in [-0.39, 0.29) is 0 Å². The van der Waals surface area contributed by atoms with Gasteiger partial charge in [-0.3, -0.25) is 0 Å². The van der Waals surface area contributed by atoms with Crippen molar-refractivity contribution in [3.63, 3.8) is 0 Å². The number of rotatable bonds is 4. The van der Waals surface area contributed by atoms with Crippen LogP contribution in [0, 0.1) is 6.92 Å². The molecule has 0 fully saturated rings. The average molecular weight is 294 g/mol. The summed E-state index contributed by atoms with van der Waals surface area (Å²) in [6.07, 6.45) is 0. The lowest BCUT2D eigenvalue weighted by atomic mass is 10.1. The van der Waals surface area contributed by atoms with Crippen LogP contribution in [0.3, 0.4) is 0 Å². The van der Waals surface area contributed by atoms with Gasteiger partial charge in [0.05, 0.1) is 6.54 Å². The molecular weight excluding hydrogens is 278 g/mol. The maximum absolute atomic E-state index is 5.44. The molecule has 2 nitrogen and oxygen atoms in total. The molecule has 0 aliphatic rings. The summed E-state index contributed by atoms with van der Waals surface area (Å²) in [7, 11) is 0. The van der Waals surface area contributed by atoms with Gasteiger partial charge in [-0.15, -0.1) is 0 Å². The monoisotopic (exact) mass is 293 g/mol. The summed E-state index contributed by atoms with van der Waals surface area (Å²) in [6.45, 7) is 4.99. The number of halogens is 1. The Morgan fingerprint density at radius 2 is 1.88 bits per heavy atom. The minimum Gasteiger partial charge on any atom is -0.453 e. The Morgan fingerprint density at radius 1 is 1.18 bits per heavy atom. The molecule has 17 heavy (non-hydrogen) atoms. The Hall–Kier alpha value is -1.06. The lowest BCUT2D eigenvalue weighted by Gasteiger charge is -2.13. The fraction of sp³-hybridized carbons (Fsp3) is 0.286. The van der Waals surface area contributed by atoms with Gasteiger partial charge in [0.25, 0.3) is 0 Å². The molecule has 1 aromatic heterocycles. The van der Waals surface area contributed by atoms with Crippen LogP contribution in [-0.2, 0) is 6.54 Å². The standard InChI is InChI=1S/C14H16BrNO/c1-10-3-5-12(6-4-10)11(2)16-9-13-7-8-14(15)17-13/h3-8,11,16H,9H2,1-2H3. The molecule has 1 aromatic carbocycles. The van der Waals surface area contributed by atoms with Crippen molar-refractivity contribution in [3.8, 4) is 0 Å². The third-order valence-corrected chi connectivity index (χ3v) is 3.21. The lowest BCUT2D eigenvalue weighted by molar-refractivity contribution is 0.447. The maximum atomic E-state index is 5.44. The molecule has 2 rings (SSSR count). The zero-order valence-corrected chi connectivity index (χ0v) is 11.6. The Bertz CT molecular complexity index is 475. The average Bonchev–Trinajstić information content (AvgIpc) is 2.73. The third-order valence-electron chi connectivity index (χ3n) is 2.79. The predicted octanol–water partition coefficient (Wildman–Crippen LogP) is 4.20. The molecule has 0 bridgehead atoms. The van der Waals surface area contributed by atoms with E-state index in [0.29, 0.717) is 6.04 Å². The van der Waals surface area contributed by atoms with Crippen LogP contribution in [0.25, 0.3) is 0 Å². The number of aryl methyl sites for hydroxylation is 1. The van der Waals surface area contributed by atoms with E-state index in [1.807, 2.05) is 12.1 Å². The smallest absolute Gasteiger partial charge is 0.169 e. The summed E-state index contributed by atoms with van der Waals surface area (Å²) in [6, 6.07) is 12.8. The van der Waals surface area contributed by atoms with E-state index in [1.165, 1.54) is 11.1 Å². The fourth-order valence-electron chi connectivity index (χ4n) is 1.67. The second kappa shape index (κ2) is 5.52. The van der Waals surface area contributed by atoms with Gasteiger partial charge in [-0.25, -0.2) is 0 Å². The summed E-state index contributed by atoms with van der Waals surface area (Å²) in [5.41, 5.74) is 2.58. The van der Waals surface area contributed by atoms with Crippen LogP contribution < -0.4 is 5.32 Å². The van der Waals surface area contributed by atoms with E-state index in [2.05, 4.69) is 59.4 Å². The third kappa shape index (κ3) is 3.45. The maximum Gasteiger partial charge on any atom is 0.169 e. The minimum absolute atomic E-state index is 0.319. The van der Waals surface area contributed by atoms with Crippen LogP contribution in [0.4, 0.5) is 0 Å². The molecule has 2 aromatic rings. The summed E-state index contributed by atoms with van der Waals surface area (Å²) in [5.74, 6) is 0.941. The molecule has 90 valence electrons. The van der Waals surface area contributed by atoms with E-state index < -0.39 is 0 Å². The number of hydrogen-bond acceptors (Lipinski definition) is 2. The van der Waals surface area contributed by atoms with E-state index in [1.54, 1.807) is 0 Å². The first-order valence-electron chi connectivity index (χ1n) is 5.69. The Kier molecular flexibility index (Phi) is 4.02. The Morgan fingerprint density at radius 3 is 2.47 bits per heavy atom. The Balaban J connectivity index is 1.93. The minimum atomic E-state index is 0.319. The van der Waals surface area contributed by atoms with E-state index in [9.17, 15) is 0 Å². The topological polar surface area (TPSA) is 25.2 Å². The van der Waals surface area contributed by atoms with Crippen molar-refractivity contribution in [1.29, 1.82) is 0 Å². The first-order chi connectivity index (χ1) is 8.15. The molecule has 0 amide bonds. The van der Waals surface area contributed by atoms with Gasteiger partial charge in [0.15, 0.2) is 4.67 Å². The molecule has 0 aliphatic carbocycles.